The van der Waals surface area contributed by atoms with Gasteiger partial charge in [0.15, 0.2) is 0 Å². The van der Waals surface area contributed by atoms with Gasteiger partial charge in [0.25, 0.3) is 0 Å². The summed E-state index contributed by atoms with van der Waals surface area (Å²) in [6.45, 7) is 7.23. The molecule has 4 rings (SSSR count). The summed E-state index contributed by atoms with van der Waals surface area (Å²) in [6, 6.07) is 8.61. The lowest BCUT2D eigenvalue weighted by Crippen LogP contribution is -2.24. The molecule has 5 nitrogen and oxygen atoms in total. The van der Waals surface area contributed by atoms with Gasteiger partial charge in [0.05, 0.1) is 16.7 Å². The number of rotatable bonds is 5. The minimum Gasteiger partial charge on any atom is -0.335 e. The number of para-hydroxylation sites is 2. The fourth-order valence-corrected chi connectivity index (χ4v) is 3.62. The summed E-state index contributed by atoms with van der Waals surface area (Å²) in [5.41, 5.74) is 3.45. The smallest absolute Gasteiger partial charge is 0.109 e. The second-order valence-electron chi connectivity index (χ2n) is 6.71. The van der Waals surface area contributed by atoms with Gasteiger partial charge in [-0.3, -0.25) is 0 Å². The summed E-state index contributed by atoms with van der Waals surface area (Å²) < 4.78 is 4.61. The monoisotopic (exact) mass is 323 g/mol. The van der Waals surface area contributed by atoms with Crippen molar-refractivity contribution >= 4 is 11.0 Å². The molecule has 1 unspecified atom stereocenters. The zero-order valence-corrected chi connectivity index (χ0v) is 14.5. The van der Waals surface area contributed by atoms with E-state index in [1.165, 1.54) is 29.9 Å². The highest BCUT2D eigenvalue weighted by Crippen LogP contribution is 2.19. The highest BCUT2D eigenvalue weighted by Gasteiger charge is 2.16. The highest BCUT2D eigenvalue weighted by atomic mass is 15.1. The van der Waals surface area contributed by atoms with E-state index in [0.29, 0.717) is 0 Å². The molecule has 0 aliphatic carbocycles. The Balaban J connectivity index is 1.41. The fraction of sp³-hybridized carbons (Fsp3) is 0.474. The molecule has 1 aliphatic rings. The van der Waals surface area contributed by atoms with E-state index in [1.54, 1.807) is 0 Å². The Labute approximate surface area is 142 Å². The number of aromatic nitrogens is 4. The summed E-state index contributed by atoms with van der Waals surface area (Å²) in [7, 11) is 0. The molecule has 0 saturated carbocycles. The van der Waals surface area contributed by atoms with E-state index >= 15 is 0 Å². The van der Waals surface area contributed by atoms with Crippen LogP contribution in [0.25, 0.3) is 11.0 Å². The Morgan fingerprint density at radius 2 is 2.08 bits per heavy atom. The summed E-state index contributed by atoms with van der Waals surface area (Å²) in [6.07, 6.45) is 5.89. The van der Waals surface area contributed by atoms with Gasteiger partial charge in [0.1, 0.15) is 11.6 Å². The van der Waals surface area contributed by atoms with Gasteiger partial charge in [-0.15, -0.1) is 0 Å². The van der Waals surface area contributed by atoms with Gasteiger partial charge in [0.2, 0.25) is 0 Å². The minimum absolute atomic E-state index is 0.276. The minimum atomic E-state index is 0.276. The third kappa shape index (κ3) is 2.84. The van der Waals surface area contributed by atoms with Gasteiger partial charge >= 0.3 is 0 Å². The molecule has 0 spiro atoms. The maximum atomic E-state index is 4.82. The molecule has 5 heteroatoms. The Kier molecular flexibility index (Phi) is 4.10. The molecule has 0 bridgehead atoms. The van der Waals surface area contributed by atoms with Crippen molar-refractivity contribution in [2.45, 2.75) is 52.2 Å². The van der Waals surface area contributed by atoms with Crippen molar-refractivity contribution in [1.82, 2.24) is 24.4 Å². The normalized spacial score (nSPS) is 15.6. The van der Waals surface area contributed by atoms with Crippen molar-refractivity contribution in [3.8, 4) is 0 Å². The van der Waals surface area contributed by atoms with Crippen molar-refractivity contribution < 1.29 is 0 Å². The molecule has 24 heavy (non-hydrogen) atoms. The molecule has 126 valence electrons. The summed E-state index contributed by atoms with van der Waals surface area (Å²) in [5, 5.41) is 3.61. The van der Waals surface area contributed by atoms with Crippen molar-refractivity contribution in [3.63, 3.8) is 0 Å². The van der Waals surface area contributed by atoms with Gasteiger partial charge in [-0.25, -0.2) is 9.97 Å². The largest absolute Gasteiger partial charge is 0.335 e. The number of nitrogens with zero attached hydrogens (tertiary/aromatic N) is 4. The predicted octanol–water partition coefficient (Wildman–Crippen LogP) is 3.23. The van der Waals surface area contributed by atoms with Crippen LogP contribution in [-0.4, -0.2) is 25.6 Å². The van der Waals surface area contributed by atoms with Crippen LogP contribution in [0.4, 0.5) is 0 Å². The predicted molar refractivity (Wildman–Crippen MR) is 96.1 cm³/mol. The molecule has 3 aromatic rings. The molecule has 1 atom stereocenters. The average molecular weight is 323 g/mol. The van der Waals surface area contributed by atoms with Gasteiger partial charge in [-0.2, -0.15) is 0 Å². The fourth-order valence-electron chi connectivity index (χ4n) is 3.62. The van der Waals surface area contributed by atoms with Gasteiger partial charge in [0, 0.05) is 38.3 Å². The molecule has 0 radical (unpaired) electrons. The second-order valence-corrected chi connectivity index (χ2v) is 6.71. The number of aryl methyl sites for hydroxylation is 3. The molecule has 1 aliphatic heterocycles. The second kappa shape index (κ2) is 6.40. The lowest BCUT2D eigenvalue weighted by atomic mass is 10.2. The molecule has 2 aromatic heterocycles. The number of imidazole rings is 2. The van der Waals surface area contributed by atoms with Crippen LogP contribution < -0.4 is 5.32 Å². The summed E-state index contributed by atoms with van der Waals surface area (Å²) >= 11 is 0. The van der Waals surface area contributed by atoms with E-state index in [1.807, 2.05) is 6.07 Å². The van der Waals surface area contributed by atoms with E-state index < -0.39 is 0 Å². The first-order chi connectivity index (χ1) is 11.7. The van der Waals surface area contributed by atoms with E-state index in [0.717, 1.165) is 37.4 Å². The number of hydrogen-bond donors (Lipinski definition) is 1. The van der Waals surface area contributed by atoms with E-state index in [2.05, 4.69) is 57.7 Å². The van der Waals surface area contributed by atoms with Crippen LogP contribution in [0.2, 0.25) is 0 Å². The van der Waals surface area contributed by atoms with Crippen LogP contribution in [0.5, 0.6) is 0 Å². The third-order valence-corrected chi connectivity index (χ3v) is 5.00. The molecular weight excluding hydrogens is 298 g/mol. The van der Waals surface area contributed by atoms with Crippen LogP contribution in [0.3, 0.4) is 0 Å². The molecule has 1 N–H and O–H groups in total. The highest BCUT2D eigenvalue weighted by molar-refractivity contribution is 5.75. The number of fused-ring (bicyclic) bond motifs is 2. The van der Waals surface area contributed by atoms with Crippen molar-refractivity contribution in [1.29, 1.82) is 0 Å². The van der Waals surface area contributed by atoms with Crippen molar-refractivity contribution in [3.05, 3.63) is 47.8 Å². The van der Waals surface area contributed by atoms with E-state index in [9.17, 15) is 0 Å². The lowest BCUT2D eigenvalue weighted by Gasteiger charge is -2.13. The summed E-state index contributed by atoms with van der Waals surface area (Å²) in [5.74, 6) is 2.32. The van der Waals surface area contributed by atoms with Gasteiger partial charge in [-0.05, 0) is 38.8 Å². The maximum Gasteiger partial charge on any atom is 0.109 e. The van der Waals surface area contributed by atoms with Crippen LogP contribution in [-0.2, 0) is 19.5 Å². The molecule has 0 amide bonds. The topological polar surface area (TPSA) is 47.7 Å². The van der Waals surface area contributed by atoms with Crippen molar-refractivity contribution in [2.24, 2.45) is 0 Å². The average Bonchev–Trinajstić information content (AvgIpc) is 3.16. The van der Waals surface area contributed by atoms with E-state index in [4.69, 9.17) is 4.98 Å². The molecule has 3 heterocycles. The molecule has 0 saturated heterocycles. The first-order valence-corrected chi connectivity index (χ1v) is 8.93. The summed E-state index contributed by atoms with van der Waals surface area (Å²) in [4.78, 5) is 9.45. The Hall–Kier alpha value is -2.14. The van der Waals surface area contributed by atoms with Crippen LogP contribution >= 0.6 is 0 Å². The Morgan fingerprint density at radius 1 is 1.21 bits per heavy atom. The first-order valence-electron chi connectivity index (χ1n) is 8.93. The van der Waals surface area contributed by atoms with Gasteiger partial charge < -0.3 is 14.5 Å². The van der Waals surface area contributed by atoms with Crippen molar-refractivity contribution in [2.75, 3.05) is 6.54 Å². The Bertz CT molecular complexity index is 821. The SMILES string of the molecule is Cc1nc2ccccc2n1CCNC(C)c1cn2c(n1)CCCC2. The molecule has 0 fully saturated rings. The first kappa shape index (κ1) is 15.4. The maximum absolute atomic E-state index is 4.82. The Morgan fingerprint density at radius 3 is 2.96 bits per heavy atom. The van der Waals surface area contributed by atoms with Gasteiger partial charge in [-0.1, -0.05) is 12.1 Å². The quantitative estimate of drug-likeness (QED) is 0.784. The standard InChI is InChI=1S/C19H25N5/c1-14(17-13-23-11-6-5-9-19(23)22-17)20-10-12-24-15(2)21-16-7-3-4-8-18(16)24/h3-4,7-8,13-14,20H,5-6,9-12H2,1-2H3. The number of nitrogens with one attached hydrogen (secondary N) is 1. The van der Waals surface area contributed by atoms with E-state index in [-0.39, 0.29) is 6.04 Å². The number of benzene rings is 1. The lowest BCUT2D eigenvalue weighted by molar-refractivity contribution is 0.522. The zero-order chi connectivity index (χ0) is 16.5. The van der Waals surface area contributed by atoms with Crippen LogP contribution in [0.15, 0.2) is 30.5 Å². The molecule has 1 aromatic carbocycles. The zero-order valence-electron chi connectivity index (χ0n) is 14.5. The van der Waals surface area contributed by atoms with Crippen LogP contribution in [0.1, 0.15) is 43.1 Å². The molecular formula is C19H25N5. The third-order valence-electron chi connectivity index (χ3n) is 5.00. The van der Waals surface area contributed by atoms with Crippen LogP contribution in [0, 0.1) is 6.92 Å². The number of hydrogen-bond acceptors (Lipinski definition) is 3.